The predicted octanol–water partition coefficient (Wildman–Crippen LogP) is 1.27. The van der Waals surface area contributed by atoms with Gasteiger partial charge >= 0.3 is 0 Å². The van der Waals surface area contributed by atoms with E-state index in [-0.39, 0.29) is 10.5 Å². The van der Waals surface area contributed by atoms with Crippen molar-refractivity contribution in [2.45, 2.75) is 5.37 Å². The number of hydrogen-bond acceptors (Lipinski definition) is 3. The van der Waals surface area contributed by atoms with E-state index >= 15 is 0 Å². The highest BCUT2D eigenvalue weighted by molar-refractivity contribution is 8.13. The Bertz CT molecular complexity index is 260. The third kappa shape index (κ3) is 2.56. The van der Waals surface area contributed by atoms with Crippen LogP contribution in [-0.2, 0) is 0 Å². The Hall–Kier alpha value is -1.00. The van der Waals surface area contributed by atoms with Gasteiger partial charge in [-0.05, 0) is 5.56 Å². The highest BCUT2D eigenvalue weighted by Gasteiger charge is 2.06. The van der Waals surface area contributed by atoms with Crippen molar-refractivity contribution < 1.29 is 0 Å². The summed E-state index contributed by atoms with van der Waals surface area (Å²) < 4.78 is 0. The van der Waals surface area contributed by atoms with Gasteiger partial charge in [-0.1, -0.05) is 42.1 Å². The molecule has 64 valence electrons. The second-order valence-electron chi connectivity index (χ2n) is 2.31. The number of nitrogens with one attached hydrogen (secondary N) is 1. The average molecular weight is 181 g/mol. The second-order valence-corrected chi connectivity index (χ2v) is 3.50. The van der Waals surface area contributed by atoms with E-state index in [0.29, 0.717) is 0 Å². The Morgan fingerprint density at radius 2 is 1.92 bits per heavy atom. The molecule has 12 heavy (non-hydrogen) atoms. The van der Waals surface area contributed by atoms with Crippen LogP contribution in [0, 0.1) is 5.41 Å². The van der Waals surface area contributed by atoms with Gasteiger partial charge in [-0.2, -0.15) is 0 Å². The van der Waals surface area contributed by atoms with Gasteiger partial charge in [0, 0.05) is 0 Å². The monoisotopic (exact) mass is 181 g/mol. The molecular weight excluding hydrogens is 170 g/mol. The molecule has 1 unspecified atom stereocenters. The standard InChI is InChI=1S/C8H11N3S/c9-7(12-8(10)11)6-4-2-1-3-5-6/h1-5,7H,9H2,(H3,10,11). The molecule has 0 saturated carbocycles. The van der Waals surface area contributed by atoms with E-state index < -0.39 is 0 Å². The topological polar surface area (TPSA) is 75.9 Å². The maximum Gasteiger partial charge on any atom is 0.152 e. The zero-order valence-electron chi connectivity index (χ0n) is 6.53. The first-order chi connectivity index (χ1) is 5.70. The minimum Gasteiger partial charge on any atom is -0.379 e. The second kappa shape index (κ2) is 4.13. The van der Waals surface area contributed by atoms with E-state index in [1.165, 1.54) is 0 Å². The predicted molar refractivity (Wildman–Crippen MR) is 52.9 cm³/mol. The SMILES string of the molecule is N=C(N)SC(N)c1ccccc1. The molecule has 0 aromatic heterocycles. The molecule has 0 aliphatic rings. The van der Waals surface area contributed by atoms with Crippen LogP contribution in [-0.4, -0.2) is 5.17 Å². The lowest BCUT2D eigenvalue weighted by Gasteiger charge is -2.08. The maximum atomic E-state index is 7.03. The molecule has 0 spiro atoms. The largest absolute Gasteiger partial charge is 0.379 e. The summed E-state index contributed by atoms with van der Waals surface area (Å²) in [5, 5.41) is 6.85. The van der Waals surface area contributed by atoms with Crippen LogP contribution in [0.4, 0.5) is 0 Å². The number of nitrogens with two attached hydrogens (primary N) is 2. The van der Waals surface area contributed by atoms with Crippen molar-refractivity contribution in [2.75, 3.05) is 0 Å². The van der Waals surface area contributed by atoms with Gasteiger partial charge in [0.05, 0.1) is 5.37 Å². The Morgan fingerprint density at radius 1 is 1.33 bits per heavy atom. The van der Waals surface area contributed by atoms with Crippen LogP contribution in [0.5, 0.6) is 0 Å². The van der Waals surface area contributed by atoms with Crippen LogP contribution in [0.15, 0.2) is 30.3 Å². The van der Waals surface area contributed by atoms with Crippen LogP contribution in [0.2, 0.25) is 0 Å². The molecule has 0 heterocycles. The van der Waals surface area contributed by atoms with Crippen molar-refractivity contribution in [3.05, 3.63) is 35.9 Å². The van der Waals surface area contributed by atoms with Gasteiger partial charge in [0.1, 0.15) is 0 Å². The summed E-state index contributed by atoms with van der Waals surface area (Å²) in [6.45, 7) is 0. The molecule has 0 amide bonds. The molecule has 3 nitrogen and oxygen atoms in total. The third-order valence-corrected chi connectivity index (χ3v) is 2.16. The molecule has 1 atom stereocenters. The number of benzene rings is 1. The molecule has 5 N–H and O–H groups in total. The van der Waals surface area contributed by atoms with Gasteiger partial charge in [-0.25, -0.2) is 0 Å². The number of rotatable bonds is 2. The summed E-state index contributed by atoms with van der Waals surface area (Å²) in [6, 6.07) is 9.58. The zero-order valence-corrected chi connectivity index (χ0v) is 7.34. The molecule has 0 fully saturated rings. The average Bonchev–Trinajstić information content (AvgIpc) is 2.05. The quantitative estimate of drug-likeness (QED) is 0.365. The van der Waals surface area contributed by atoms with Crippen molar-refractivity contribution in [3.8, 4) is 0 Å². The highest BCUT2D eigenvalue weighted by Crippen LogP contribution is 2.21. The smallest absolute Gasteiger partial charge is 0.152 e. The molecule has 0 bridgehead atoms. The Balaban J connectivity index is 2.65. The fraction of sp³-hybridized carbons (Fsp3) is 0.125. The summed E-state index contributed by atoms with van der Waals surface area (Å²) in [7, 11) is 0. The minimum atomic E-state index is -0.233. The molecular formula is C8H11N3S. The normalized spacial score (nSPS) is 12.4. The van der Waals surface area contributed by atoms with Crippen LogP contribution in [0.1, 0.15) is 10.9 Å². The van der Waals surface area contributed by atoms with Gasteiger partial charge in [0.2, 0.25) is 0 Å². The van der Waals surface area contributed by atoms with E-state index in [4.69, 9.17) is 16.9 Å². The zero-order chi connectivity index (χ0) is 8.97. The van der Waals surface area contributed by atoms with Crippen LogP contribution in [0.25, 0.3) is 0 Å². The van der Waals surface area contributed by atoms with Gasteiger partial charge < -0.3 is 11.5 Å². The molecule has 1 rings (SSSR count). The summed E-state index contributed by atoms with van der Waals surface area (Å²) in [5.41, 5.74) is 11.9. The van der Waals surface area contributed by atoms with Gasteiger partial charge in [-0.15, -0.1) is 0 Å². The van der Waals surface area contributed by atoms with Crippen LogP contribution >= 0.6 is 11.8 Å². The van der Waals surface area contributed by atoms with Gasteiger partial charge in [-0.3, -0.25) is 5.41 Å². The summed E-state index contributed by atoms with van der Waals surface area (Å²) in [6.07, 6.45) is 0. The van der Waals surface area contributed by atoms with E-state index in [1.807, 2.05) is 30.3 Å². The molecule has 0 saturated heterocycles. The Morgan fingerprint density at radius 3 is 2.42 bits per heavy atom. The van der Waals surface area contributed by atoms with Gasteiger partial charge in [0.25, 0.3) is 0 Å². The molecule has 4 heteroatoms. The number of thioether (sulfide) groups is 1. The van der Waals surface area contributed by atoms with Gasteiger partial charge in [0.15, 0.2) is 5.17 Å². The first-order valence-corrected chi connectivity index (χ1v) is 4.39. The summed E-state index contributed by atoms with van der Waals surface area (Å²) in [4.78, 5) is 0. The third-order valence-electron chi connectivity index (χ3n) is 1.38. The number of amidine groups is 1. The molecule has 1 aromatic carbocycles. The molecule has 0 aliphatic carbocycles. The van der Waals surface area contributed by atoms with Crippen molar-refractivity contribution >= 4 is 16.9 Å². The van der Waals surface area contributed by atoms with Crippen molar-refractivity contribution in [1.82, 2.24) is 0 Å². The van der Waals surface area contributed by atoms with Crippen LogP contribution in [0.3, 0.4) is 0 Å². The Labute approximate surface area is 75.6 Å². The molecule has 0 aliphatic heterocycles. The minimum absolute atomic E-state index is 0.0475. The van der Waals surface area contributed by atoms with Crippen molar-refractivity contribution in [2.24, 2.45) is 11.5 Å². The lowest BCUT2D eigenvalue weighted by Crippen LogP contribution is -2.13. The van der Waals surface area contributed by atoms with E-state index in [9.17, 15) is 0 Å². The number of hydrogen-bond donors (Lipinski definition) is 3. The van der Waals surface area contributed by atoms with E-state index in [2.05, 4.69) is 0 Å². The van der Waals surface area contributed by atoms with E-state index in [0.717, 1.165) is 17.3 Å². The van der Waals surface area contributed by atoms with E-state index in [1.54, 1.807) is 0 Å². The fourth-order valence-corrected chi connectivity index (χ4v) is 1.41. The summed E-state index contributed by atoms with van der Waals surface area (Å²) >= 11 is 1.15. The van der Waals surface area contributed by atoms with Crippen LogP contribution < -0.4 is 11.5 Å². The van der Waals surface area contributed by atoms with Crippen molar-refractivity contribution in [3.63, 3.8) is 0 Å². The highest BCUT2D eigenvalue weighted by atomic mass is 32.2. The Kier molecular flexibility index (Phi) is 3.13. The first-order valence-electron chi connectivity index (χ1n) is 3.51. The molecule has 1 aromatic rings. The maximum absolute atomic E-state index is 7.03. The van der Waals surface area contributed by atoms with Crippen molar-refractivity contribution in [1.29, 1.82) is 5.41 Å². The lowest BCUT2D eigenvalue weighted by atomic mass is 10.2. The fourth-order valence-electron chi connectivity index (χ4n) is 0.848. The first kappa shape index (κ1) is 9.09. The molecule has 0 radical (unpaired) electrons. The lowest BCUT2D eigenvalue weighted by molar-refractivity contribution is 1.04. The summed E-state index contributed by atoms with van der Waals surface area (Å²) in [5.74, 6) is 0.